The van der Waals surface area contributed by atoms with Crippen molar-refractivity contribution >= 4 is 16.7 Å². The van der Waals surface area contributed by atoms with Gasteiger partial charge in [0.05, 0.1) is 29.7 Å². The van der Waals surface area contributed by atoms with E-state index in [1.165, 1.54) is 4.68 Å². The molecule has 2 fully saturated rings. The first-order valence-corrected chi connectivity index (χ1v) is 11.0. The largest absolute Gasteiger partial charge is 0.373 e. The molecule has 2 aliphatic heterocycles. The third-order valence-corrected chi connectivity index (χ3v) is 6.33. The Morgan fingerprint density at radius 3 is 2.40 bits per heavy atom. The van der Waals surface area contributed by atoms with Gasteiger partial charge in [0.25, 0.3) is 5.56 Å². The summed E-state index contributed by atoms with van der Waals surface area (Å²) in [4.78, 5) is 29.7. The summed E-state index contributed by atoms with van der Waals surface area (Å²) in [6.07, 6.45) is 2.89. The number of morpholine rings is 1. The fourth-order valence-electron chi connectivity index (χ4n) is 4.93. The molecule has 0 radical (unpaired) electrons. The molecule has 1 aromatic carbocycles. The van der Waals surface area contributed by atoms with Gasteiger partial charge in [0, 0.05) is 45.2 Å². The van der Waals surface area contributed by atoms with Crippen LogP contribution in [0.5, 0.6) is 0 Å². The van der Waals surface area contributed by atoms with Crippen molar-refractivity contribution in [3.05, 3.63) is 40.3 Å². The first kappa shape index (κ1) is 21.0. The Morgan fingerprint density at radius 1 is 1.10 bits per heavy atom. The van der Waals surface area contributed by atoms with Crippen LogP contribution in [-0.2, 0) is 23.0 Å². The number of hydrogen-bond donors (Lipinski definition) is 0. The molecular weight excluding hydrogens is 380 g/mol. The van der Waals surface area contributed by atoms with Gasteiger partial charge in [-0.25, -0.2) is 4.68 Å². The molecule has 30 heavy (non-hydrogen) atoms. The van der Waals surface area contributed by atoms with Crippen LogP contribution >= 0.6 is 0 Å². The molecule has 1 aromatic heterocycles. The van der Waals surface area contributed by atoms with Crippen molar-refractivity contribution in [1.82, 2.24) is 19.6 Å². The van der Waals surface area contributed by atoms with Crippen LogP contribution in [-0.4, -0.2) is 70.4 Å². The van der Waals surface area contributed by atoms with Crippen LogP contribution in [0.4, 0.5) is 0 Å². The van der Waals surface area contributed by atoms with E-state index in [1.54, 1.807) is 13.1 Å². The number of ether oxygens (including phenoxy) is 1. The topological polar surface area (TPSA) is 67.7 Å². The molecule has 0 spiro atoms. The average Bonchev–Trinajstić information content (AvgIpc) is 2.71. The van der Waals surface area contributed by atoms with E-state index in [0.29, 0.717) is 29.2 Å². The molecule has 0 N–H and O–H groups in total. The molecule has 2 unspecified atom stereocenters. The van der Waals surface area contributed by atoms with Crippen molar-refractivity contribution in [2.24, 2.45) is 13.0 Å². The zero-order chi connectivity index (χ0) is 21.3. The van der Waals surface area contributed by atoms with Gasteiger partial charge in [0.15, 0.2) is 0 Å². The molecule has 2 aliphatic rings. The summed E-state index contributed by atoms with van der Waals surface area (Å²) >= 11 is 0. The summed E-state index contributed by atoms with van der Waals surface area (Å²) < 4.78 is 7.17. The van der Waals surface area contributed by atoms with E-state index in [-0.39, 0.29) is 17.9 Å². The highest BCUT2D eigenvalue weighted by Gasteiger charge is 2.28. The molecule has 7 nitrogen and oxygen atoms in total. The lowest BCUT2D eigenvalue weighted by Gasteiger charge is -2.39. The lowest BCUT2D eigenvalue weighted by molar-refractivity contribution is -0.132. The van der Waals surface area contributed by atoms with Crippen molar-refractivity contribution in [3.63, 3.8) is 0 Å². The van der Waals surface area contributed by atoms with Gasteiger partial charge in [-0.3, -0.25) is 14.5 Å². The SMILES string of the molecule is CC1CN(CC2CCN(C(=O)Cc3nn(C)c(=O)c4ccccc34)CC2)CC(C)O1. The normalized spacial score (nSPS) is 23.8. The van der Waals surface area contributed by atoms with E-state index < -0.39 is 0 Å². The molecule has 1 amide bonds. The molecule has 3 heterocycles. The van der Waals surface area contributed by atoms with Crippen LogP contribution in [0.15, 0.2) is 29.1 Å². The zero-order valence-electron chi connectivity index (χ0n) is 18.2. The van der Waals surface area contributed by atoms with E-state index in [2.05, 4.69) is 23.8 Å². The molecule has 4 rings (SSSR count). The van der Waals surface area contributed by atoms with Crippen LogP contribution < -0.4 is 5.56 Å². The van der Waals surface area contributed by atoms with E-state index >= 15 is 0 Å². The second-order valence-corrected chi connectivity index (χ2v) is 8.90. The number of amides is 1. The van der Waals surface area contributed by atoms with Gasteiger partial charge in [-0.15, -0.1) is 0 Å². The van der Waals surface area contributed by atoms with Gasteiger partial charge in [-0.2, -0.15) is 5.10 Å². The lowest BCUT2D eigenvalue weighted by Crippen LogP contribution is -2.48. The molecule has 2 saturated heterocycles. The van der Waals surface area contributed by atoms with Crippen molar-refractivity contribution in [2.75, 3.05) is 32.7 Å². The monoisotopic (exact) mass is 412 g/mol. The second-order valence-electron chi connectivity index (χ2n) is 8.90. The lowest BCUT2D eigenvalue weighted by atomic mass is 9.95. The zero-order valence-corrected chi connectivity index (χ0v) is 18.2. The minimum absolute atomic E-state index is 0.0957. The summed E-state index contributed by atoms with van der Waals surface area (Å²) in [6, 6.07) is 7.40. The number of likely N-dealkylation sites (tertiary alicyclic amines) is 1. The minimum Gasteiger partial charge on any atom is -0.373 e. The summed E-state index contributed by atoms with van der Waals surface area (Å²) in [6.45, 7) is 8.95. The number of carbonyl (C=O) groups is 1. The van der Waals surface area contributed by atoms with Crippen molar-refractivity contribution in [3.8, 4) is 0 Å². The van der Waals surface area contributed by atoms with Gasteiger partial charge in [-0.05, 0) is 38.7 Å². The summed E-state index contributed by atoms with van der Waals surface area (Å²) in [5.41, 5.74) is 0.547. The van der Waals surface area contributed by atoms with E-state index in [0.717, 1.165) is 51.0 Å². The van der Waals surface area contributed by atoms with Gasteiger partial charge < -0.3 is 9.64 Å². The second kappa shape index (κ2) is 8.86. The Labute approximate surface area is 177 Å². The van der Waals surface area contributed by atoms with E-state index in [4.69, 9.17) is 4.74 Å². The van der Waals surface area contributed by atoms with E-state index in [1.807, 2.05) is 23.1 Å². The smallest absolute Gasteiger partial charge is 0.274 e. The number of carbonyl (C=O) groups excluding carboxylic acids is 1. The van der Waals surface area contributed by atoms with Gasteiger partial charge >= 0.3 is 0 Å². The number of fused-ring (bicyclic) bond motifs is 1. The summed E-state index contributed by atoms with van der Waals surface area (Å²) in [7, 11) is 1.64. The maximum absolute atomic E-state index is 13.0. The minimum atomic E-state index is -0.130. The Kier molecular flexibility index (Phi) is 6.20. The highest BCUT2D eigenvalue weighted by molar-refractivity contribution is 5.88. The number of hydrogen-bond acceptors (Lipinski definition) is 5. The number of aryl methyl sites for hydroxylation is 1. The molecule has 162 valence electrons. The third-order valence-electron chi connectivity index (χ3n) is 6.33. The summed E-state index contributed by atoms with van der Waals surface area (Å²) in [5.74, 6) is 0.724. The maximum atomic E-state index is 13.0. The first-order chi connectivity index (χ1) is 14.4. The maximum Gasteiger partial charge on any atom is 0.274 e. The Hall–Kier alpha value is -2.25. The predicted molar refractivity (Wildman–Crippen MR) is 116 cm³/mol. The van der Waals surface area contributed by atoms with Crippen LogP contribution in [0.2, 0.25) is 0 Å². The van der Waals surface area contributed by atoms with Crippen LogP contribution in [0.1, 0.15) is 32.4 Å². The highest BCUT2D eigenvalue weighted by Crippen LogP contribution is 2.22. The fraction of sp³-hybridized carbons (Fsp3) is 0.609. The van der Waals surface area contributed by atoms with Crippen LogP contribution in [0, 0.1) is 5.92 Å². The first-order valence-electron chi connectivity index (χ1n) is 11.0. The van der Waals surface area contributed by atoms with Crippen LogP contribution in [0.3, 0.4) is 0 Å². The third kappa shape index (κ3) is 4.57. The van der Waals surface area contributed by atoms with Crippen molar-refractivity contribution in [1.29, 1.82) is 0 Å². The molecule has 2 atom stereocenters. The fourth-order valence-corrected chi connectivity index (χ4v) is 4.93. The quantitative estimate of drug-likeness (QED) is 0.766. The number of rotatable bonds is 4. The average molecular weight is 413 g/mol. The number of nitrogens with zero attached hydrogens (tertiary/aromatic N) is 4. The molecule has 0 aliphatic carbocycles. The molecule has 0 bridgehead atoms. The number of aromatic nitrogens is 2. The molecule has 2 aromatic rings. The highest BCUT2D eigenvalue weighted by atomic mass is 16.5. The summed E-state index contributed by atoms with van der Waals surface area (Å²) in [5, 5.41) is 5.77. The molecule has 0 saturated carbocycles. The van der Waals surface area contributed by atoms with E-state index in [9.17, 15) is 9.59 Å². The molecular formula is C23H32N4O3. The standard InChI is InChI=1S/C23H32N4O3/c1-16-13-26(14-17(2)30-16)15-18-8-10-27(11-9-18)22(28)12-21-19-6-4-5-7-20(19)23(29)25(3)24-21/h4-7,16-18H,8-15H2,1-3H3. The van der Waals surface area contributed by atoms with Crippen molar-refractivity contribution < 1.29 is 9.53 Å². The predicted octanol–water partition coefficient (Wildman–Crippen LogP) is 1.82. The van der Waals surface area contributed by atoms with Gasteiger partial charge in [0.2, 0.25) is 5.91 Å². The van der Waals surface area contributed by atoms with Gasteiger partial charge in [-0.1, -0.05) is 18.2 Å². The molecule has 7 heteroatoms. The van der Waals surface area contributed by atoms with Crippen LogP contribution in [0.25, 0.3) is 10.8 Å². The Balaban J connectivity index is 1.36. The Morgan fingerprint density at radius 2 is 1.73 bits per heavy atom. The number of piperidine rings is 1. The number of benzene rings is 1. The van der Waals surface area contributed by atoms with Gasteiger partial charge in [0.1, 0.15) is 0 Å². The van der Waals surface area contributed by atoms with Crippen molar-refractivity contribution in [2.45, 2.75) is 45.3 Å². The Bertz CT molecular complexity index is 955.